The second-order valence-electron chi connectivity index (χ2n) is 7.82. The minimum Gasteiger partial charge on any atom is -0.354 e. The minimum atomic E-state index is 0.543. The molecular weight excluding hydrogens is 298 g/mol. The van der Waals surface area contributed by atoms with Gasteiger partial charge in [0.2, 0.25) is 0 Å². The highest BCUT2D eigenvalue weighted by molar-refractivity contribution is 5.79. The number of nitrogens with zero attached hydrogens (tertiary/aromatic N) is 3. The molecule has 0 aliphatic heterocycles. The summed E-state index contributed by atoms with van der Waals surface area (Å²) in [5.41, 5.74) is 0. The maximum atomic E-state index is 4.47. The molecule has 1 aliphatic rings. The molecule has 0 amide bonds. The summed E-state index contributed by atoms with van der Waals surface area (Å²) in [7, 11) is 1.84. The van der Waals surface area contributed by atoms with Crippen LogP contribution in [0.4, 0.5) is 0 Å². The van der Waals surface area contributed by atoms with Gasteiger partial charge in [-0.05, 0) is 43.4 Å². The van der Waals surface area contributed by atoms with Crippen molar-refractivity contribution in [2.45, 2.75) is 72.5 Å². The third-order valence-corrected chi connectivity index (χ3v) is 5.06. The number of aromatic nitrogens is 2. The maximum absolute atomic E-state index is 4.47. The van der Waals surface area contributed by atoms with E-state index in [1.54, 1.807) is 0 Å². The molecule has 0 saturated heterocycles. The topological polar surface area (TPSA) is 54.2 Å². The van der Waals surface area contributed by atoms with Gasteiger partial charge in [0.05, 0.1) is 6.54 Å². The van der Waals surface area contributed by atoms with E-state index in [0.717, 1.165) is 30.2 Å². The van der Waals surface area contributed by atoms with E-state index in [4.69, 9.17) is 0 Å². The van der Waals surface area contributed by atoms with Crippen LogP contribution in [0.15, 0.2) is 17.4 Å². The van der Waals surface area contributed by atoms with Crippen LogP contribution in [-0.4, -0.2) is 28.6 Å². The van der Waals surface area contributed by atoms with Crippen LogP contribution in [0.1, 0.15) is 59.2 Å². The minimum absolute atomic E-state index is 0.543. The van der Waals surface area contributed by atoms with Gasteiger partial charge in [0.25, 0.3) is 0 Å². The SMILES string of the molecule is CN=C(NCc1nccn1CC(C)C)NC1CCC(C(C)C)CC1. The Morgan fingerprint density at radius 2 is 1.96 bits per heavy atom. The van der Waals surface area contributed by atoms with Gasteiger partial charge in [-0.25, -0.2) is 4.98 Å². The summed E-state index contributed by atoms with van der Waals surface area (Å²) in [6.07, 6.45) is 9.07. The zero-order valence-corrected chi connectivity index (χ0v) is 16.0. The van der Waals surface area contributed by atoms with Crippen molar-refractivity contribution >= 4 is 5.96 Å². The molecule has 5 nitrogen and oxygen atoms in total. The molecule has 2 rings (SSSR count). The fourth-order valence-corrected chi connectivity index (χ4v) is 3.55. The van der Waals surface area contributed by atoms with Crippen molar-refractivity contribution in [3.05, 3.63) is 18.2 Å². The predicted octanol–water partition coefficient (Wildman–Crippen LogP) is 3.42. The number of hydrogen-bond donors (Lipinski definition) is 2. The van der Waals surface area contributed by atoms with Crippen molar-refractivity contribution in [2.75, 3.05) is 7.05 Å². The average molecular weight is 334 g/mol. The zero-order valence-electron chi connectivity index (χ0n) is 16.0. The Morgan fingerprint density at radius 1 is 1.25 bits per heavy atom. The number of hydrogen-bond acceptors (Lipinski definition) is 2. The van der Waals surface area contributed by atoms with E-state index in [1.807, 2.05) is 13.2 Å². The highest BCUT2D eigenvalue weighted by atomic mass is 15.2. The first kappa shape index (κ1) is 18.8. The van der Waals surface area contributed by atoms with E-state index < -0.39 is 0 Å². The van der Waals surface area contributed by atoms with Crippen molar-refractivity contribution in [3.8, 4) is 0 Å². The number of aliphatic imine (C=N–C) groups is 1. The molecule has 5 heteroatoms. The Balaban J connectivity index is 1.80. The molecule has 1 aromatic rings. The monoisotopic (exact) mass is 333 g/mol. The number of guanidine groups is 1. The molecule has 136 valence electrons. The van der Waals surface area contributed by atoms with Crippen LogP contribution in [0, 0.1) is 17.8 Å². The van der Waals surface area contributed by atoms with Crippen LogP contribution in [-0.2, 0) is 13.1 Å². The van der Waals surface area contributed by atoms with Crippen LogP contribution < -0.4 is 10.6 Å². The Bertz CT molecular complexity index is 510. The molecule has 1 aromatic heterocycles. The summed E-state index contributed by atoms with van der Waals surface area (Å²) in [6.45, 7) is 10.9. The molecule has 1 aliphatic carbocycles. The van der Waals surface area contributed by atoms with Crippen molar-refractivity contribution in [2.24, 2.45) is 22.7 Å². The van der Waals surface area contributed by atoms with E-state index >= 15 is 0 Å². The van der Waals surface area contributed by atoms with Crippen LogP contribution >= 0.6 is 0 Å². The molecule has 0 spiro atoms. The van der Waals surface area contributed by atoms with E-state index in [9.17, 15) is 0 Å². The normalized spacial score (nSPS) is 22.2. The highest BCUT2D eigenvalue weighted by Crippen LogP contribution is 2.29. The lowest BCUT2D eigenvalue weighted by Crippen LogP contribution is -2.45. The van der Waals surface area contributed by atoms with Gasteiger partial charge in [-0.1, -0.05) is 27.7 Å². The second-order valence-corrected chi connectivity index (χ2v) is 7.82. The van der Waals surface area contributed by atoms with E-state index in [2.05, 4.69) is 59.1 Å². The molecule has 0 unspecified atom stereocenters. The molecule has 1 fully saturated rings. The van der Waals surface area contributed by atoms with Gasteiger partial charge in [0.1, 0.15) is 5.82 Å². The summed E-state index contributed by atoms with van der Waals surface area (Å²) in [5.74, 6) is 4.27. The largest absolute Gasteiger partial charge is 0.354 e. The third kappa shape index (κ3) is 5.53. The van der Waals surface area contributed by atoms with E-state index in [0.29, 0.717) is 18.5 Å². The van der Waals surface area contributed by atoms with Crippen LogP contribution in [0.25, 0.3) is 0 Å². The summed E-state index contributed by atoms with van der Waals surface area (Å²) in [6, 6.07) is 0.543. The van der Waals surface area contributed by atoms with E-state index in [1.165, 1.54) is 25.7 Å². The lowest BCUT2D eigenvalue weighted by atomic mass is 9.80. The number of rotatable bonds is 6. The van der Waals surface area contributed by atoms with Gasteiger partial charge in [-0.3, -0.25) is 4.99 Å². The Hall–Kier alpha value is -1.52. The lowest BCUT2D eigenvalue weighted by molar-refractivity contribution is 0.250. The Kier molecular flexibility index (Phi) is 7.13. The molecule has 0 bridgehead atoms. The highest BCUT2D eigenvalue weighted by Gasteiger charge is 2.23. The van der Waals surface area contributed by atoms with Gasteiger partial charge in [-0.2, -0.15) is 0 Å². The molecule has 0 aromatic carbocycles. The summed E-state index contributed by atoms with van der Waals surface area (Å²) >= 11 is 0. The van der Waals surface area contributed by atoms with Crippen molar-refractivity contribution in [3.63, 3.8) is 0 Å². The second kappa shape index (κ2) is 9.09. The standard InChI is InChI=1S/C19H35N5/c1-14(2)13-24-11-10-21-18(24)12-22-19(20-5)23-17-8-6-16(7-9-17)15(3)4/h10-11,14-17H,6-9,12-13H2,1-5H3,(H2,20,22,23). The molecule has 2 N–H and O–H groups in total. The molecule has 0 atom stereocenters. The predicted molar refractivity (Wildman–Crippen MR) is 101 cm³/mol. The fourth-order valence-electron chi connectivity index (χ4n) is 3.55. The lowest BCUT2D eigenvalue weighted by Gasteiger charge is -2.32. The average Bonchev–Trinajstić information content (AvgIpc) is 2.98. The number of imidazole rings is 1. The van der Waals surface area contributed by atoms with Crippen molar-refractivity contribution in [1.29, 1.82) is 0 Å². The maximum Gasteiger partial charge on any atom is 0.191 e. The van der Waals surface area contributed by atoms with Crippen molar-refractivity contribution in [1.82, 2.24) is 20.2 Å². The first-order chi connectivity index (χ1) is 11.5. The van der Waals surface area contributed by atoms with Gasteiger partial charge < -0.3 is 15.2 Å². The van der Waals surface area contributed by atoms with E-state index in [-0.39, 0.29) is 0 Å². The first-order valence-electron chi connectivity index (χ1n) is 9.46. The Labute approximate surface area is 147 Å². The van der Waals surface area contributed by atoms with Gasteiger partial charge in [-0.15, -0.1) is 0 Å². The van der Waals surface area contributed by atoms with Crippen molar-refractivity contribution < 1.29 is 0 Å². The van der Waals surface area contributed by atoms with Crippen LogP contribution in [0.5, 0.6) is 0 Å². The van der Waals surface area contributed by atoms with Gasteiger partial charge in [0, 0.05) is 32.0 Å². The number of nitrogens with one attached hydrogen (secondary N) is 2. The molecule has 1 saturated carbocycles. The van der Waals surface area contributed by atoms with Gasteiger partial charge >= 0.3 is 0 Å². The zero-order chi connectivity index (χ0) is 17.5. The Morgan fingerprint density at radius 3 is 2.54 bits per heavy atom. The molecule has 24 heavy (non-hydrogen) atoms. The molecular formula is C19H35N5. The van der Waals surface area contributed by atoms with Crippen LogP contribution in [0.3, 0.4) is 0 Å². The fraction of sp³-hybridized carbons (Fsp3) is 0.789. The molecule has 0 radical (unpaired) electrons. The smallest absolute Gasteiger partial charge is 0.191 e. The molecule has 1 heterocycles. The third-order valence-electron chi connectivity index (χ3n) is 5.06. The summed E-state index contributed by atoms with van der Waals surface area (Å²) < 4.78 is 2.22. The summed E-state index contributed by atoms with van der Waals surface area (Å²) in [4.78, 5) is 8.85. The first-order valence-corrected chi connectivity index (χ1v) is 9.46. The van der Waals surface area contributed by atoms with Gasteiger partial charge in [0.15, 0.2) is 5.96 Å². The van der Waals surface area contributed by atoms with Crippen LogP contribution in [0.2, 0.25) is 0 Å². The summed E-state index contributed by atoms with van der Waals surface area (Å²) in [5, 5.41) is 7.01. The quantitative estimate of drug-likeness (QED) is 0.619.